The van der Waals surface area contributed by atoms with Crippen molar-refractivity contribution in [1.82, 2.24) is 19.9 Å². The number of aliphatic hydroxyl groups is 2. The highest BCUT2D eigenvalue weighted by Gasteiger charge is 2.28. The number of amides is 2. The standard InChI is InChI=1S/C27H28N6O4S/c1-17-14-20-23(29-27(30-24(20)38-17)31(2)26(37)22(35)16-34)32-10-12-33(13-11-32)25(36)21-9-8-19(15-28-21)18-6-4-3-5-7-18/h3-9,14-15,22,34-35H,10-13,16H2,1-2H3/t22-/m1/s1. The molecular weight excluding hydrogens is 504 g/mol. The Morgan fingerprint density at radius 2 is 1.79 bits per heavy atom. The first-order chi connectivity index (χ1) is 18.4. The number of pyridine rings is 1. The van der Waals surface area contributed by atoms with Gasteiger partial charge in [-0.05, 0) is 24.6 Å². The molecule has 38 heavy (non-hydrogen) atoms. The zero-order valence-corrected chi connectivity index (χ0v) is 21.9. The lowest BCUT2D eigenvalue weighted by Gasteiger charge is -2.35. The lowest BCUT2D eigenvalue weighted by molar-refractivity contribution is -0.128. The Kier molecular flexibility index (Phi) is 7.32. The molecule has 4 aromatic rings. The van der Waals surface area contributed by atoms with Gasteiger partial charge in [-0.2, -0.15) is 4.98 Å². The monoisotopic (exact) mass is 532 g/mol. The van der Waals surface area contributed by atoms with Crippen LogP contribution in [0.1, 0.15) is 15.4 Å². The van der Waals surface area contributed by atoms with Crippen molar-refractivity contribution in [3.63, 3.8) is 0 Å². The second-order valence-electron chi connectivity index (χ2n) is 9.10. The van der Waals surface area contributed by atoms with E-state index in [4.69, 9.17) is 0 Å². The van der Waals surface area contributed by atoms with E-state index in [1.165, 1.54) is 18.4 Å². The molecule has 2 amide bonds. The maximum Gasteiger partial charge on any atom is 0.272 e. The first kappa shape index (κ1) is 25.7. The van der Waals surface area contributed by atoms with Gasteiger partial charge >= 0.3 is 0 Å². The fraction of sp³-hybridized carbons (Fsp3) is 0.296. The van der Waals surface area contributed by atoms with Gasteiger partial charge in [0.15, 0.2) is 6.10 Å². The molecule has 0 unspecified atom stereocenters. The summed E-state index contributed by atoms with van der Waals surface area (Å²) in [6.45, 7) is 3.37. The molecule has 5 rings (SSSR count). The fourth-order valence-electron chi connectivity index (χ4n) is 4.41. The largest absolute Gasteiger partial charge is 0.393 e. The number of hydrogen-bond donors (Lipinski definition) is 2. The number of piperazine rings is 1. The number of likely N-dealkylation sites (N-methyl/N-ethyl adjacent to an activating group) is 1. The normalized spacial score (nSPS) is 14.5. The van der Waals surface area contributed by atoms with Crippen LogP contribution in [0.3, 0.4) is 0 Å². The van der Waals surface area contributed by atoms with Crippen molar-refractivity contribution < 1.29 is 19.8 Å². The molecule has 11 heteroatoms. The highest BCUT2D eigenvalue weighted by Crippen LogP contribution is 2.33. The molecule has 0 spiro atoms. The summed E-state index contributed by atoms with van der Waals surface area (Å²) in [5, 5.41) is 19.8. The molecule has 0 radical (unpaired) electrons. The third-order valence-corrected chi connectivity index (χ3v) is 7.47. The summed E-state index contributed by atoms with van der Waals surface area (Å²) in [5.41, 5.74) is 2.41. The summed E-state index contributed by atoms with van der Waals surface area (Å²) < 4.78 is 0. The molecule has 3 aromatic heterocycles. The topological polar surface area (TPSA) is 123 Å². The number of carbonyl (C=O) groups is 2. The van der Waals surface area contributed by atoms with Gasteiger partial charge in [0.25, 0.3) is 11.8 Å². The van der Waals surface area contributed by atoms with Crippen molar-refractivity contribution in [3.05, 3.63) is 65.3 Å². The van der Waals surface area contributed by atoms with Crippen LogP contribution in [-0.2, 0) is 4.79 Å². The smallest absolute Gasteiger partial charge is 0.272 e. The van der Waals surface area contributed by atoms with Crippen LogP contribution in [0.15, 0.2) is 54.7 Å². The highest BCUT2D eigenvalue weighted by atomic mass is 32.1. The molecule has 1 fully saturated rings. The number of anilines is 2. The lowest BCUT2D eigenvalue weighted by Crippen LogP contribution is -2.49. The molecule has 0 aliphatic carbocycles. The molecule has 1 aliphatic heterocycles. The summed E-state index contributed by atoms with van der Waals surface area (Å²) in [6, 6.07) is 15.6. The molecular formula is C27H28N6O4S. The second-order valence-corrected chi connectivity index (χ2v) is 10.3. The number of nitrogens with zero attached hydrogens (tertiary/aromatic N) is 6. The quantitative estimate of drug-likeness (QED) is 0.388. The van der Waals surface area contributed by atoms with Crippen LogP contribution in [-0.4, -0.2) is 87.8 Å². The van der Waals surface area contributed by atoms with Crippen LogP contribution in [0.25, 0.3) is 21.3 Å². The van der Waals surface area contributed by atoms with Crippen LogP contribution in [0.5, 0.6) is 0 Å². The third kappa shape index (κ3) is 5.08. The minimum absolute atomic E-state index is 0.118. The predicted molar refractivity (Wildman–Crippen MR) is 146 cm³/mol. The number of carbonyl (C=O) groups excluding carboxylic acids is 2. The number of aryl methyl sites for hydroxylation is 1. The number of aliphatic hydroxyl groups excluding tert-OH is 2. The van der Waals surface area contributed by atoms with Crippen LogP contribution >= 0.6 is 11.3 Å². The van der Waals surface area contributed by atoms with Crippen molar-refractivity contribution in [1.29, 1.82) is 0 Å². The van der Waals surface area contributed by atoms with E-state index in [9.17, 15) is 19.8 Å². The third-order valence-electron chi connectivity index (χ3n) is 6.53. The average molecular weight is 533 g/mol. The number of benzene rings is 1. The van der Waals surface area contributed by atoms with E-state index in [0.29, 0.717) is 37.7 Å². The van der Waals surface area contributed by atoms with Gasteiger partial charge in [0.2, 0.25) is 5.95 Å². The van der Waals surface area contributed by atoms with E-state index >= 15 is 0 Å². The minimum atomic E-state index is -1.54. The molecule has 4 heterocycles. The van der Waals surface area contributed by atoms with Crippen LogP contribution < -0.4 is 9.80 Å². The molecule has 1 aromatic carbocycles. The van der Waals surface area contributed by atoms with Crippen molar-refractivity contribution in [2.75, 3.05) is 49.6 Å². The maximum atomic E-state index is 13.1. The number of thiophene rings is 1. The van der Waals surface area contributed by atoms with Crippen molar-refractivity contribution in [2.45, 2.75) is 13.0 Å². The number of aromatic nitrogens is 3. The van der Waals surface area contributed by atoms with E-state index in [2.05, 4.69) is 19.9 Å². The summed E-state index contributed by atoms with van der Waals surface area (Å²) in [5.74, 6) is 0.0118. The summed E-state index contributed by atoms with van der Waals surface area (Å²) in [6.07, 6.45) is 0.181. The second kappa shape index (κ2) is 10.8. The average Bonchev–Trinajstić information content (AvgIpc) is 3.35. The van der Waals surface area contributed by atoms with Crippen molar-refractivity contribution >= 4 is 45.1 Å². The van der Waals surface area contributed by atoms with Gasteiger partial charge in [-0.1, -0.05) is 36.4 Å². The Balaban J connectivity index is 1.32. The molecule has 1 saturated heterocycles. The van der Waals surface area contributed by atoms with Gasteiger partial charge in [-0.15, -0.1) is 11.3 Å². The van der Waals surface area contributed by atoms with Gasteiger partial charge in [-0.3, -0.25) is 19.5 Å². The molecule has 0 bridgehead atoms. The minimum Gasteiger partial charge on any atom is -0.393 e. The number of rotatable bonds is 6. The zero-order chi connectivity index (χ0) is 26.8. The Bertz CT molecular complexity index is 1450. The van der Waals surface area contributed by atoms with E-state index in [-0.39, 0.29) is 11.9 Å². The van der Waals surface area contributed by atoms with Crippen LogP contribution in [0, 0.1) is 6.92 Å². The Morgan fingerprint density at radius 3 is 2.45 bits per heavy atom. The number of fused-ring (bicyclic) bond motifs is 1. The molecule has 1 aliphatic rings. The molecule has 10 nitrogen and oxygen atoms in total. The van der Waals surface area contributed by atoms with E-state index < -0.39 is 18.6 Å². The summed E-state index contributed by atoms with van der Waals surface area (Å²) >= 11 is 1.49. The molecule has 0 saturated carbocycles. The van der Waals surface area contributed by atoms with Crippen molar-refractivity contribution in [3.8, 4) is 11.1 Å². The SMILES string of the molecule is Cc1cc2c(N3CCN(C(=O)c4ccc(-c5ccccc5)cn4)CC3)nc(N(C)C(=O)[C@H](O)CO)nc2s1. The van der Waals surface area contributed by atoms with Crippen molar-refractivity contribution in [2.24, 2.45) is 0 Å². The first-order valence-electron chi connectivity index (χ1n) is 12.3. The van der Waals surface area contributed by atoms with Gasteiger partial charge in [0, 0.05) is 49.9 Å². The maximum absolute atomic E-state index is 13.1. The lowest BCUT2D eigenvalue weighted by atomic mass is 10.1. The Labute approximate surface area is 223 Å². The van der Waals surface area contributed by atoms with E-state index in [1.54, 1.807) is 17.2 Å². The summed E-state index contributed by atoms with van der Waals surface area (Å²) in [4.78, 5) is 46.0. The van der Waals surface area contributed by atoms with Gasteiger partial charge in [0.1, 0.15) is 16.3 Å². The first-order valence-corrected chi connectivity index (χ1v) is 13.1. The van der Waals surface area contributed by atoms with Crippen LogP contribution in [0.4, 0.5) is 11.8 Å². The number of hydrogen-bond acceptors (Lipinski definition) is 9. The zero-order valence-electron chi connectivity index (χ0n) is 21.1. The summed E-state index contributed by atoms with van der Waals surface area (Å²) in [7, 11) is 1.47. The Morgan fingerprint density at radius 1 is 1.05 bits per heavy atom. The van der Waals surface area contributed by atoms with E-state index in [0.717, 1.165) is 31.1 Å². The van der Waals surface area contributed by atoms with Gasteiger partial charge in [-0.25, -0.2) is 4.98 Å². The van der Waals surface area contributed by atoms with Gasteiger partial charge in [0.05, 0.1) is 12.0 Å². The molecule has 2 N–H and O–H groups in total. The molecule has 196 valence electrons. The highest BCUT2D eigenvalue weighted by molar-refractivity contribution is 7.18. The molecule has 1 atom stereocenters. The fourth-order valence-corrected chi connectivity index (χ4v) is 5.28. The van der Waals surface area contributed by atoms with Gasteiger partial charge < -0.3 is 20.0 Å². The van der Waals surface area contributed by atoms with E-state index in [1.807, 2.05) is 49.4 Å². The van der Waals surface area contributed by atoms with Crippen LogP contribution in [0.2, 0.25) is 0 Å². The Hall–Kier alpha value is -3.93. The predicted octanol–water partition coefficient (Wildman–Crippen LogP) is 2.34.